The number of anilines is 2. The van der Waals surface area contributed by atoms with Crippen molar-refractivity contribution in [2.75, 3.05) is 11.9 Å². The number of nitrogens with zero attached hydrogens (tertiary/aromatic N) is 6. The second-order valence-electron chi connectivity index (χ2n) is 8.49. The van der Waals surface area contributed by atoms with Crippen molar-refractivity contribution in [3.63, 3.8) is 0 Å². The molecule has 0 saturated carbocycles. The highest BCUT2D eigenvalue weighted by Crippen LogP contribution is 2.32. The third kappa shape index (κ3) is 4.67. The normalized spacial score (nSPS) is 11.4. The minimum Gasteiger partial charge on any atom is -0.490 e. The van der Waals surface area contributed by atoms with Crippen LogP contribution >= 0.6 is 0 Å². The smallest absolute Gasteiger partial charge is 0.154 e. The van der Waals surface area contributed by atoms with Crippen LogP contribution < -0.4 is 10.1 Å². The van der Waals surface area contributed by atoms with Gasteiger partial charge < -0.3 is 10.1 Å². The molecular weight excluding hydrogens is 402 g/mol. The van der Waals surface area contributed by atoms with E-state index < -0.39 is 5.41 Å². The number of nitriles is 1. The summed E-state index contributed by atoms with van der Waals surface area (Å²) in [4.78, 5) is 13.1. The quantitative estimate of drug-likeness (QED) is 0.472. The van der Waals surface area contributed by atoms with E-state index in [0.717, 1.165) is 28.0 Å². The molecule has 0 aliphatic carbocycles. The average molecular weight is 428 g/mol. The molecule has 0 aromatic carbocycles. The molecule has 4 rings (SSSR count). The van der Waals surface area contributed by atoms with E-state index in [1.807, 2.05) is 71.1 Å². The highest BCUT2D eigenvalue weighted by molar-refractivity contribution is 5.75. The third-order valence-electron chi connectivity index (χ3n) is 4.89. The van der Waals surface area contributed by atoms with Gasteiger partial charge in [-0.25, -0.2) is 14.5 Å². The van der Waals surface area contributed by atoms with Crippen LogP contribution in [0.15, 0.2) is 42.7 Å². The van der Waals surface area contributed by atoms with Crippen LogP contribution in [0.1, 0.15) is 31.1 Å². The molecule has 8 heteroatoms. The SMILES string of the molecule is Cc1cc(-c2ccn3nc(Nc4cc(C)nc(C)n4)cc3c2)c(OCC(C)(C)C#N)cn1. The maximum absolute atomic E-state index is 9.29. The molecule has 0 fully saturated rings. The van der Waals surface area contributed by atoms with Crippen molar-refractivity contribution in [2.45, 2.75) is 34.6 Å². The van der Waals surface area contributed by atoms with Crippen LogP contribution in [0.2, 0.25) is 0 Å². The highest BCUT2D eigenvalue weighted by Gasteiger charge is 2.19. The molecule has 8 nitrogen and oxygen atoms in total. The Labute approximate surface area is 186 Å². The van der Waals surface area contributed by atoms with Crippen LogP contribution in [0, 0.1) is 37.5 Å². The summed E-state index contributed by atoms with van der Waals surface area (Å²) in [5, 5.41) is 17.1. The predicted molar refractivity (Wildman–Crippen MR) is 123 cm³/mol. The van der Waals surface area contributed by atoms with Gasteiger partial charge in [-0.15, -0.1) is 0 Å². The summed E-state index contributed by atoms with van der Waals surface area (Å²) in [5.41, 5.74) is 4.02. The van der Waals surface area contributed by atoms with Gasteiger partial charge in [0, 0.05) is 35.3 Å². The first kappa shape index (κ1) is 21.2. The van der Waals surface area contributed by atoms with Crippen molar-refractivity contribution in [3.8, 4) is 22.9 Å². The molecule has 32 heavy (non-hydrogen) atoms. The van der Waals surface area contributed by atoms with E-state index in [-0.39, 0.29) is 6.61 Å². The minimum atomic E-state index is -0.587. The van der Waals surface area contributed by atoms with Gasteiger partial charge in [-0.2, -0.15) is 10.4 Å². The van der Waals surface area contributed by atoms with Crippen molar-refractivity contribution in [2.24, 2.45) is 5.41 Å². The second-order valence-corrected chi connectivity index (χ2v) is 8.49. The molecule has 0 radical (unpaired) electrons. The molecule has 0 amide bonds. The molecule has 0 bridgehead atoms. The van der Waals surface area contributed by atoms with Gasteiger partial charge >= 0.3 is 0 Å². The van der Waals surface area contributed by atoms with Gasteiger partial charge in [0.2, 0.25) is 0 Å². The fourth-order valence-electron chi connectivity index (χ4n) is 3.31. The monoisotopic (exact) mass is 427 g/mol. The van der Waals surface area contributed by atoms with E-state index in [9.17, 15) is 5.26 Å². The zero-order valence-corrected chi connectivity index (χ0v) is 18.8. The molecular formula is C24H25N7O. The van der Waals surface area contributed by atoms with E-state index >= 15 is 0 Å². The van der Waals surface area contributed by atoms with Crippen molar-refractivity contribution >= 4 is 17.2 Å². The van der Waals surface area contributed by atoms with E-state index in [1.165, 1.54) is 0 Å². The summed E-state index contributed by atoms with van der Waals surface area (Å²) in [6.45, 7) is 9.72. The van der Waals surface area contributed by atoms with Crippen LogP contribution in [0.25, 0.3) is 16.6 Å². The molecule has 0 unspecified atom stereocenters. The number of rotatable bonds is 6. The number of ether oxygens (including phenoxy) is 1. The molecule has 4 aromatic heterocycles. The third-order valence-corrected chi connectivity index (χ3v) is 4.89. The van der Waals surface area contributed by atoms with Crippen molar-refractivity contribution in [3.05, 3.63) is 59.9 Å². The molecule has 0 aliphatic heterocycles. The lowest BCUT2D eigenvalue weighted by atomic mass is 9.97. The number of hydrogen-bond donors (Lipinski definition) is 1. The molecule has 0 aliphatic rings. The zero-order valence-electron chi connectivity index (χ0n) is 18.8. The first-order valence-corrected chi connectivity index (χ1v) is 10.3. The van der Waals surface area contributed by atoms with E-state index in [0.29, 0.717) is 23.2 Å². The number of aryl methyl sites for hydroxylation is 3. The largest absolute Gasteiger partial charge is 0.490 e. The Kier molecular flexibility index (Phi) is 5.49. The number of pyridine rings is 2. The Bertz CT molecular complexity index is 1310. The van der Waals surface area contributed by atoms with Crippen LogP contribution in [0.4, 0.5) is 11.6 Å². The number of hydrogen-bond acceptors (Lipinski definition) is 7. The maximum Gasteiger partial charge on any atom is 0.154 e. The Morgan fingerprint density at radius 2 is 1.88 bits per heavy atom. The fourth-order valence-corrected chi connectivity index (χ4v) is 3.31. The summed E-state index contributed by atoms with van der Waals surface area (Å²) in [5.74, 6) is 2.75. The van der Waals surface area contributed by atoms with Crippen molar-refractivity contribution in [1.29, 1.82) is 5.26 Å². The summed E-state index contributed by atoms with van der Waals surface area (Å²) in [6.07, 6.45) is 3.62. The van der Waals surface area contributed by atoms with E-state index in [1.54, 1.807) is 10.7 Å². The van der Waals surface area contributed by atoms with Crippen LogP contribution in [0.5, 0.6) is 5.75 Å². The molecule has 0 atom stereocenters. The molecule has 0 saturated heterocycles. The Morgan fingerprint density at radius 1 is 1.06 bits per heavy atom. The first-order valence-electron chi connectivity index (χ1n) is 10.3. The summed E-state index contributed by atoms with van der Waals surface area (Å²) in [7, 11) is 0. The van der Waals surface area contributed by atoms with Gasteiger partial charge in [-0.3, -0.25) is 4.98 Å². The van der Waals surface area contributed by atoms with Gasteiger partial charge in [-0.1, -0.05) is 0 Å². The molecule has 0 spiro atoms. The predicted octanol–water partition coefficient (Wildman–Crippen LogP) is 4.78. The van der Waals surface area contributed by atoms with Gasteiger partial charge in [0.1, 0.15) is 24.0 Å². The van der Waals surface area contributed by atoms with Gasteiger partial charge in [-0.05, 0) is 58.4 Å². The van der Waals surface area contributed by atoms with E-state index in [2.05, 4.69) is 31.4 Å². The Morgan fingerprint density at radius 3 is 2.62 bits per heavy atom. The molecule has 162 valence electrons. The van der Waals surface area contributed by atoms with Gasteiger partial charge in [0.05, 0.1) is 23.2 Å². The van der Waals surface area contributed by atoms with Crippen molar-refractivity contribution in [1.82, 2.24) is 24.6 Å². The highest BCUT2D eigenvalue weighted by atomic mass is 16.5. The van der Waals surface area contributed by atoms with Crippen LogP contribution in [-0.2, 0) is 0 Å². The van der Waals surface area contributed by atoms with E-state index in [4.69, 9.17) is 4.74 Å². The number of nitrogens with one attached hydrogen (secondary N) is 1. The average Bonchev–Trinajstić information content (AvgIpc) is 3.13. The van der Waals surface area contributed by atoms with Crippen LogP contribution in [0.3, 0.4) is 0 Å². The minimum absolute atomic E-state index is 0.280. The Balaban J connectivity index is 1.66. The van der Waals surface area contributed by atoms with Gasteiger partial charge in [0.25, 0.3) is 0 Å². The number of aromatic nitrogens is 5. The summed E-state index contributed by atoms with van der Waals surface area (Å²) >= 11 is 0. The Hall–Kier alpha value is -3.99. The van der Waals surface area contributed by atoms with Gasteiger partial charge in [0.15, 0.2) is 5.82 Å². The summed E-state index contributed by atoms with van der Waals surface area (Å²) in [6, 6.07) is 12.1. The lowest BCUT2D eigenvalue weighted by Crippen LogP contribution is -2.19. The zero-order chi connectivity index (χ0) is 22.9. The summed E-state index contributed by atoms with van der Waals surface area (Å²) < 4.78 is 7.79. The standard InChI is InChI=1S/C24H25N7O/c1-15-8-20(21(12-26-15)32-14-24(4,5)13-25)18-6-7-31-19(10-18)11-23(30-31)29-22-9-16(2)27-17(3)28-22/h6-12H,14H2,1-5H3,(H,27,28,29,30). The maximum atomic E-state index is 9.29. The topological polar surface area (TPSA) is 101 Å². The molecule has 4 aromatic rings. The van der Waals surface area contributed by atoms with Crippen molar-refractivity contribution < 1.29 is 4.74 Å². The lowest BCUT2D eigenvalue weighted by molar-refractivity contribution is 0.227. The first-order chi connectivity index (χ1) is 15.2. The molecule has 4 heterocycles. The lowest BCUT2D eigenvalue weighted by Gasteiger charge is -2.18. The molecule has 1 N–H and O–H groups in total. The second kappa shape index (κ2) is 8.27. The van der Waals surface area contributed by atoms with Crippen LogP contribution in [-0.4, -0.2) is 31.2 Å². The number of fused-ring (bicyclic) bond motifs is 1. The fraction of sp³-hybridized carbons (Fsp3) is 0.292.